The summed E-state index contributed by atoms with van der Waals surface area (Å²) < 4.78 is 1.92. The predicted molar refractivity (Wildman–Crippen MR) is 99.1 cm³/mol. The van der Waals surface area contributed by atoms with Crippen molar-refractivity contribution >= 4 is 45.6 Å². The zero-order valence-electron chi connectivity index (χ0n) is 13.2. The number of carboxylic acids is 1. The van der Waals surface area contributed by atoms with Gasteiger partial charge in [-0.15, -0.1) is 0 Å². The van der Waals surface area contributed by atoms with Gasteiger partial charge in [0.15, 0.2) is 0 Å². The smallest absolute Gasteiger partial charge is 0.305 e. The fraction of sp³-hybridized carbons (Fsp3) is 0.222. The van der Waals surface area contributed by atoms with E-state index in [2.05, 4.69) is 9.88 Å². The van der Waals surface area contributed by atoms with Gasteiger partial charge in [-0.05, 0) is 24.6 Å². The van der Waals surface area contributed by atoms with Crippen LogP contribution in [0.25, 0.3) is 16.5 Å². The zero-order valence-corrected chi connectivity index (χ0v) is 14.7. The molecule has 7 heteroatoms. The van der Waals surface area contributed by atoms with Crippen molar-refractivity contribution in [3.63, 3.8) is 0 Å². The number of aromatic nitrogens is 2. The van der Waals surface area contributed by atoms with Gasteiger partial charge in [0.1, 0.15) is 0 Å². The second-order valence-electron chi connectivity index (χ2n) is 6.13. The summed E-state index contributed by atoms with van der Waals surface area (Å²) in [6, 6.07) is 7.75. The number of nitrogens with zero attached hydrogens (tertiary/aromatic N) is 3. The minimum absolute atomic E-state index is 0.00328. The van der Waals surface area contributed by atoms with Gasteiger partial charge in [-0.25, -0.2) is 4.98 Å². The Labute approximate surface area is 154 Å². The summed E-state index contributed by atoms with van der Waals surface area (Å²) >= 11 is 12.6. The van der Waals surface area contributed by atoms with Crippen LogP contribution in [0.5, 0.6) is 0 Å². The van der Waals surface area contributed by atoms with Crippen molar-refractivity contribution in [3.8, 4) is 5.69 Å². The van der Waals surface area contributed by atoms with E-state index in [0.717, 1.165) is 35.1 Å². The third-order valence-electron chi connectivity index (χ3n) is 4.65. The van der Waals surface area contributed by atoms with E-state index in [1.807, 2.05) is 29.0 Å². The van der Waals surface area contributed by atoms with Gasteiger partial charge in [-0.2, -0.15) is 0 Å². The standard InChI is InChI=1S/C18H15Cl2N3O2/c19-15-2-1-13-14(18(15)20)7-12(8-16(13)22-6-4-21-10-22)23-5-3-11(23)9-17(24)25/h1-2,4,6-8,10-11H,3,5,9H2,(H,24,25)/t11-/m0/s1. The number of fused-ring (bicyclic) bond motifs is 1. The molecule has 1 saturated heterocycles. The molecule has 1 fully saturated rings. The monoisotopic (exact) mass is 375 g/mol. The lowest BCUT2D eigenvalue weighted by atomic mass is 9.97. The van der Waals surface area contributed by atoms with Crippen LogP contribution < -0.4 is 4.90 Å². The lowest BCUT2D eigenvalue weighted by molar-refractivity contribution is -0.137. The Balaban J connectivity index is 1.88. The lowest BCUT2D eigenvalue weighted by Crippen LogP contribution is -2.48. The number of aliphatic carboxylic acids is 1. The molecule has 0 bridgehead atoms. The molecule has 4 rings (SSSR count). The highest BCUT2D eigenvalue weighted by molar-refractivity contribution is 6.45. The Bertz CT molecular complexity index is 957. The molecule has 5 nitrogen and oxygen atoms in total. The number of anilines is 1. The van der Waals surface area contributed by atoms with E-state index < -0.39 is 5.97 Å². The highest BCUT2D eigenvalue weighted by Gasteiger charge is 2.30. The fourth-order valence-electron chi connectivity index (χ4n) is 3.31. The molecule has 25 heavy (non-hydrogen) atoms. The Morgan fingerprint density at radius 3 is 2.76 bits per heavy atom. The normalized spacial score (nSPS) is 16.9. The third kappa shape index (κ3) is 2.83. The Hall–Kier alpha value is -2.24. The minimum Gasteiger partial charge on any atom is -0.481 e. The molecular formula is C18H15Cl2N3O2. The van der Waals surface area contributed by atoms with Crippen LogP contribution in [0.15, 0.2) is 43.0 Å². The quantitative estimate of drug-likeness (QED) is 0.734. The number of hydrogen-bond donors (Lipinski definition) is 1. The number of hydrogen-bond acceptors (Lipinski definition) is 3. The van der Waals surface area contributed by atoms with Crippen LogP contribution in [0.4, 0.5) is 5.69 Å². The van der Waals surface area contributed by atoms with Crippen molar-refractivity contribution < 1.29 is 9.90 Å². The predicted octanol–water partition coefficient (Wildman–Crippen LogP) is 4.39. The maximum atomic E-state index is 11.1. The summed E-state index contributed by atoms with van der Waals surface area (Å²) in [4.78, 5) is 17.3. The Kier molecular flexibility index (Phi) is 4.06. The van der Waals surface area contributed by atoms with Crippen LogP contribution in [-0.2, 0) is 4.79 Å². The first-order chi connectivity index (χ1) is 12.0. The maximum Gasteiger partial charge on any atom is 0.305 e. The van der Waals surface area contributed by atoms with E-state index in [1.165, 1.54) is 0 Å². The lowest BCUT2D eigenvalue weighted by Gasteiger charge is -2.42. The molecule has 1 aliphatic rings. The highest BCUT2D eigenvalue weighted by Crippen LogP contribution is 2.39. The van der Waals surface area contributed by atoms with Gasteiger partial charge in [-0.1, -0.05) is 29.3 Å². The first-order valence-electron chi connectivity index (χ1n) is 7.93. The first-order valence-corrected chi connectivity index (χ1v) is 8.68. The van der Waals surface area contributed by atoms with Crippen LogP contribution >= 0.6 is 23.2 Å². The summed E-state index contributed by atoms with van der Waals surface area (Å²) in [5, 5.41) is 11.9. The van der Waals surface area contributed by atoms with E-state index in [9.17, 15) is 4.79 Å². The molecule has 0 unspecified atom stereocenters. The molecule has 0 saturated carbocycles. The van der Waals surface area contributed by atoms with Crippen LogP contribution in [0, 0.1) is 0 Å². The van der Waals surface area contributed by atoms with Gasteiger partial charge in [0, 0.05) is 41.4 Å². The van der Waals surface area contributed by atoms with Crippen LogP contribution in [0.3, 0.4) is 0 Å². The molecule has 0 radical (unpaired) electrons. The topological polar surface area (TPSA) is 58.4 Å². The van der Waals surface area contributed by atoms with Gasteiger partial charge in [0.25, 0.3) is 0 Å². The second-order valence-corrected chi connectivity index (χ2v) is 6.91. The fourth-order valence-corrected chi connectivity index (χ4v) is 3.70. The molecular weight excluding hydrogens is 361 g/mol. The average Bonchev–Trinajstić information content (AvgIpc) is 3.09. The van der Waals surface area contributed by atoms with Crippen LogP contribution in [0.2, 0.25) is 10.0 Å². The van der Waals surface area contributed by atoms with Gasteiger partial charge in [0.2, 0.25) is 0 Å². The molecule has 0 aliphatic carbocycles. The van der Waals surface area contributed by atoms with Crippen LogP contribution in [0.1, 0.15) is 12.8 Å². The van der Waals surface area contributed by atoms with Crippen LogP contribution in [-0.4, -0.2) is 33.2 Å². The number of carbonyl (C=O) groups is 1. The Morgan fingerprint density at radius 1 is 1.28 bits per heavy atom. The highest BCUT2D eigenvalue weighted by atomic mass is 35.5. The molecule has 1 aromatic heterocycles. The van der Waals surface area contributed by atoms with E-state index in [0.29, 0.717) is 10.0 Å². The zero-order chi connectivity index (χ0) is 17.6. The van der Waals surface area contributed by atoms with Gasteiger partial charge >= 0.3 is 5.97 Å². The number of rotatable bonds is 4. The third-order valence-corrected chi connectivity index (χ3v) is 5.47. The van der Waals surface area contributed by atoms with Crippen molar-refractivity contribution in [3.05, 3.63) is 53.0 Å². The molecule has 2 heterocycles. The number of imidazole rings is 1. The van der Waals surface area contributed by atoms with Crippen molar-refractivity contribution in [2.45, 2.75) is 18.9 Å². The van der Waals surface area contributed by atoms with Crippen molar-refractivity contribution in [1.82, 2.24) is 9.55 Å². The molecule has 1 atom stereocenters. The van der Waals surface area contributed by atoms with Crippen molar-refractivity contribution in [2.24, 2.45) is 0 Å². The second kappa shape index (κ2) is 6.24. The number of carboxylic acid groups (broad SMARTS) is 1. The van der Waals surface area contributed by atoms with Gasteiger partial charge in [-0.3, -0.25) is 4.79 Å². The molecule has 2 aromatic carbocycles. The SMILES string of the molecule is O=C(O)C[C@@H]1CCN1c1cc(-n2ccnc2)c2ccc(Cl)c(Cl)c2c1. The molecule has 1 N–H and O–H groups in total. The first kappa shape index (κ1) is 16.2. The summed E-state index contributed by atoms with van der Waals surface area (Å²) in [7, 11) is 0. The van der Waals surface area contributed by atoms with E-state index >= 15 is 0 Å². The molecule has 3 aromatic rings. The molecule has 0 amide bonds. The van der Waals surface area contributed by atoms with Gasteiger partial charge in [0.05, 0.1) is 28.5 Å². The minimum atomic E-state index is -0.786. The number of benzene rings is 2. The van der Waals surface area contributed by atoms with Crippen molar-refractivity contribution in [1.29, 1.82) is 0 Å². The summed E-state index contributed by atoms with van der Waals surface area (Å²) in [6.07, 6.45) is 6.31. The molecule has 1 aliphatic heterocycles. The largest absolute Gasteiger partial charge is 0.481 e. The molecule has 128 valence electrons. The molecule has 0 spiro atoms. The van der Waals surface area contributed by atoms with E-state index in [4.69, 9.17) is 28.3 Å². The van der Waals surface area contributed by atoms with E-state index in [1.54, 1.807) is 18.6 Å². The summed E-state index contributed by atoms with van der Waals surface area (Å²) in [5.74, 6) is -0.786. The number of halogens is 2. The summed E-state index contributed by atoms with van der Waals surface area (Å²) in [5.41, 5.74) is 1.88. The summed E-state index contributed by atoms with van der Waals surface area (Å²) in [6.45, 7) is 0.824. The van der Waals surface area contributed by atoms with E-state index in [-0.39, 0.29) is 12.5 Å². The van der Waals surface area contributed by atoms with Crippen molar-refractivity contribution in [2.75, 3.05) is 11.4 Å². The maximum absolute atomic E-state index is 11.1. The average molecular weight is 376 g/mol. The Morgan fingerprint density at radius 2 is 2.12 bits per heavy atom. The van der Waals surface area contributed by atoms with Gasteiger partial charge < -0.3 is 14.6 Å².